The predicted molar refractivity (Wildman–Crippen MR) is 92.8 cm³/mol. The van der Waals surface area contributed by atoms with Gasteiger partial charge < -0.3 is 4.74 Å². The molecule has 2 rings (SSSR count). The van der Waals surface area contributed by atoms with Gasteiger partial charge in [0.2, 0.25) is 11.8 Å². The van der Waals surface area contributed by atoms with E-state index in [1.54, 1.807) is 31.4 Å². The van der Waals surface area contributed by atoms with E-state index < -0.39 is 0 Å². The largest absolute Gasteiger partial charge is 0.496 e. The number of carbonyl (C=O) groups excluding carboxylic acids is 2. The lowest BCUT2D eigenvalue weighted by Crippen LogP contribution is -2.42. The number of carbonyl (C=O) groups is 2. The molecule has 5 nitrogen and oxygen atoms in total. The zero-order valence-electron chi connectivity index (χ0n) is 13.3. The van der Waals surface area contributed by atoms with Crippen molar-refractivity contribution in [2.24, 2.45) is 0 Å². The third kappa shape index (κ3) is 5.59. The number of hydrazine groups is 1. The zero-order valence-corrected chi connectivity index (χ0v) is 14.1. The number of hydrogen-bond acceptors (Lipinski definition) is 3. The Morgan fingerprint density at radius 2 is 1.67 bits per heavy atom. The van der Waals surface area contributed by atoms with Crippen molar-refractivity contribution in [3.05, 3.63) is 64.7 Å². The summed E-state index contributed by atoms with van der Waals surface area (Å²) in [6.07, 6.45) is 0.953. The molecule has 2 N–H and O–H groups in total. The summed E-state index contributed by atoms with van der Waals surface area (Å²) in [5.41, 5.74) is 6.59. The molecule has 0 spiro atoms. The van der Waals surface area contributed by atoms with Crippen LogP contribution in [0.4, 0.5) is 0 Å². The molecule has 2 amide bonds. The fourth-order valence-corrected chi connectivity index (χ4v) is 2.32. The van der Waals surface area contributed by atoms with Gasteiger partial charge in [-0.05, 0) is 35.7 Å². The van der Waals surface area contributed by atoms with Crippen LogP contribution >= 0.6 is 11.6 Å². The van der Waals surface area contributed by atoms with Crippen molar-refractivity contribution in [3.8, 4) is 5.75 Å². The molecular weight excluding hydrogens is 328 g/mol. The Balaban J connectivity index is 1.74. The molecule has 126 valence electrons. The highest BCUT2D eigenvalue weighted by Crippen LogP contribution is 2.18. The molecule has 6 heteroatoms. The van der Waals surface area contributed by atoms with E-state index in [0.717, 1.165) is 16.9 Å². The quantitative estimate of drug-likeness (QED) is 0.790. The molecule has 0 aliphatic heterocycles. The van der Waals surface area contributed by atoms with E-state index >= 15 is 0 Å². The molecule has 24 heavy (non-hydrogen) atoms. The van der Waals surface area contributed by atoms with Gasteiger partial charge in [-0.3, -0.25) is 20.4 Å². The van der Waals surface area contributed by atoms with Gasteiger partial charge in [-0.1, -0.05) is 41.9 Å². The van der Waals surface area contributed by atoms with Crippen LogP contribution in [0.3, 0.4) is 0 Å². The molecule has 0 unspecified atom stereocenters. The van der Waals surface area contributed by atoms with Gasteiger partial charge >= 0.3 is 0 Å². The fourth-order valence-electron chi connectivity index (χ4n) is 2.19. The summed E-state index contributed by atoms with van der Waals surface area (Å²) >= 11 is 5.79. The second-order valence-electron chi connectivity index (χ2n) is 5.21. The molecule has 0 aliphatic rings. The molecule has 2 aromatic rings. The molecule has 0 atom stereocenters. The topological polar surface area (TPSA) is 67.4 Å². The van der Waals surface area contributed by atoms with Gasteiger partial charge in [0.05, 0.1) is 13.5 Å². The summed E-state index contributed by atoms with van der Waals surface area (Å²) in [6.45, 7) is 0. The molecule has 0 aromatic heterocycles. The van der Waals surface area contributed by atoms with Crippen LogP contribution in [-0.4, -0.2) is 18.9 Å². The van der Waals surface area contributed by atoms with Crippen molar-refractivity contribution < 1.29 is 14.3 Å². The standard InChI is InChI=1S/C18H19ClN2O3/c1-24-16-5-3-2-4-14(16)8-11-17(22)20-21-18(23)12-13-6-9-15(19)10-7-13/h2-7,9-10H,8,11-12H2,1H3,(H,20,22)(H,21,23). The van der Waals surface area contributed by atoms with Gasteiger partial charge in [-0.15, -0.1) is 0 Å². The third-order valence-electron chi connectivity index (χ3n) is 3.43. The summed E-state index contributed by atoms with van der Waals surface area (Å²) in [4.78, 5) is 23.6. The average Bonchev–Trinajstić information content (AvgIpc) is 2.60. The minimum atomic E-state index is -0.289. The highest BCUT2D eigenvalue weighted by molar-refractivity contribution is 6.30. The SMILES string of the molecule is COc1ccccc1CCC(=O)NNC(=O)Cc1ccc(Cl)cc1. The Hall–Kier alpha value is -2.53. The summed E-state index contributed by atoms with van der Waals surface area (Å²) < 4.78 is 5.24. The lowest BCUT2D eigenvalue weighted by molar-refractivity contribution is -0.128. The monoisotopic (exact) mass is 346 g/mol. The van der Waals surface area contributed by atoms with E-state index in [1.165, 1.54) is 0 Å². The molecule has 0 bridgehead atoms. The first-order chi connectivity index (χ1) is 11.6. The molecule has 0 saturated heterocycles. The van der Waals surface area contributed by atoms with Gasteiger partial charge in [-0.25, -0.2) is 0 Å². The molecule has 0 aliphatic carbocycles. The summed E-state index contributed by atoms with van der Waals surface area (Å²) in [5, 5.41) is 0.615. The van der Waals surface area contributed by atoms with Gasteiger partial charge in [0.25, 0.3) is 0 Å². The van der Waals surface area contributed by atoms with Crippen LogP contribution in [0, 0.1) is 0 Å². The number of methoxy groups -OCH3 is 1. The molecule has 0 heterocycles. The van der Waals surface area contributed by atoms with Crippen molar-refractivity contribution in [1.82, 2.24) is 10.9 Å². The number of hydrogen-bond donors (Lipinski definition) is 2. The van der Waals surface area contributed by atoms with E-state index in [2.05, 4.69) is 10.9 Å². The number of halogens is 1. The van der Waals surface area contributed by atoms with Crippen molar-refractivity contribution in [1.29, 1.82) is 0 Å². The molecular formula is C18H19ClN2O3. The Morgan fingerprint density at radius 1 is 1.00 bits per heavy atom. The highest BCUT2D eigenvalue weighted by Gasteiger charge is 2.08. The smallest absolute Gasteiger partial charge is 0.242 e. The Morgan fingerprint density at radius 3 is 2.38 bits per heavy atom. The third-order valence-corrected chi connectivity index (χ3v) is 3.69. The summed E-state index contributed by atoms with van der Waals surface area (Å²) in [5.74, 6) is 0.199. The lowest BCUT2D eigenvalue weighted by atomic mass is 10.1. The van der Waals surface area contributed by atoms with Crippen LogP contribution in [0.25, 0.3) is 0 Å². The first-order valence-electron chi connectivity index (χ1n) is 7.52. The van der Waals surface area contributed by atoms with Crippen LogP contribution in [-0.2, 0) is 22.4 Å². The van der Waals surface area contributed by atoms with Crippen molar-refractivity contribution >= 4 is 23.4 Å². The normalized spacial score (nSPS) is 10.1. The van der Waals surface area contributed by atoms with Crippen LogP contribution in [0.2, 0.25) is 5.02 Å². The fraction of sp³-hybridized carbons (Fsp3) is 0.222. The number of ether oxygens (including phenoxy) is 1. The van der Waals surface area contributed by atoms with Crippen LogP contribution in [0.5, 0.6) is 5.75 Å². The number of benzene rings is 2. The summed E-state index contributed by atoms with van der Waals surface area (Å²) in [6, 6.07) is 14.5. The van der Waals surface area contributed by atoms with E-state index in [1.807, 2.05) is 24.3 Å². The van der Waals surface area contributed by atoms with Gasteiger partial charge in [0, 0.05) is 11.4 Å². The van der Waals surface area contributed by atoms with Crippen molar-refractivity contribution in [2.45, 2.75) is 19.3 Å². The average molecular weight is 347 g/mol. The first kappa shape index (κ1) is 17.8. The minimum absolute atomic E-state index is 0.171. The number of para-hydroxylation sites is 1. The second kappa shape index (κ2) is 8.93. The number of aryl methyl sites for hydroxylation is 1. The van der Waals surface area contributed by atoms with E-state index in [-0.39, 0.29) is 24.7 Å². The molecule has 0 radical (unpaired) electrons. The number of nitrogens with one attached hydrogen (secondary N) is 2. The highest BCUT2D eigenvalue weighted by atomic mass is 35.5. The van der Waals surface area contributed by atoms with Gasteiger partial charge in [-0.2, -0.15) is 0 Å². The minimum Gasteiger partial charge on any atom is -0.496 e. The van der Waals surface area contributed by atoms with Crippen LogP contribution in [0.15, 0.2) is 48.5 Å². The van der Waals surface area contributed by atoms with E-state index in [4.69, 9.17) is 16.3 Å². The predicted octanol–water partition coefficient (Wildman–Crippen LogP) is 2.67. The Kier molecular flexibility index (Phi) is 6.63. The Labute approximate surface area is 145 Å². The lowest BCUT2D eigenvalue weighted by Gasteiger charge is -2.09. The van der Waals surface area contributed by atoms with Gasteiger partial charge in [0.15, 0.2) is 0 Å². The maximum absolute atomic E-state index is 11.8. The Bertz CT molecular complexity index is 702. The first-order valence-corrected chi connectivity index (χ1v) is 7.90. The van der Waals surface area contributed by atoms with Crippen LogP contribution in [0.1, 0.15) is 17.5 Å². The maximum Gasteiger partial charge on any atom is 0.242 e. The summed E-state index contributed by atoms with van der Waals surface area (Å²) in [7, 11) is 1.59. The van der Waals surface area contributed by atoms with E-state index in [9.17, 15) is 9.59 Å². The molecule has 0 saturated carbocycles. The van der Waals surface area contributed by atoms with Crippen molar-refractivity contribution in [3.63, 3.8) is 0 Å². The van der Waals surface area contributed by atoms with E-state index in [0.29, 0.717) is 11.4 Å². The van der Waals surface area contributed by atoms with Crippen molar-refractivity contribution in [2.75, 3.05) is 7.11 Å². The molecule has 2 aromatic carbocycles. The second-order valence-corrected chi connectivity index (χ2v) is 5.65. The van der Waals surface area contributed by atoms with Crippen LogP contribution < -0.4 is 15.6 Å². The maximum atomic E-state index is 11.8. The number of amides is 2. The van der Waals surface area contributed by atoms with Gasteiger partial charge in [0.1, 0.15) is 5.75 Å². The zero-order chi connectivity index (χ0) is 17.4. The number of rotatable bonds is 6. The molecule has 0 fully saturated rings.